The minimum atomic E-state index is -0.626. The van der Waals surface area contributed by atoms with Crippen LogP contribution in [0, 0.1) is 17.8 Å². The quantitative estimate of drug-likeness (QED) is 0.198. The van der Waals surface area contributed by atoms with Crippen LogP contribution >= 0.6 is 11.8 Å². The van der Waals surface area contributed by atoms with Crippen molar-refractivity contribution in [3.05, 3.63) is 25.3 Å². The predicted molar refractivity (Wildman–Crippen MR) is 150 cm³/mol. The van der Waals surface area contributed by atoms with Gasteiger partial charge in [-0.3, -0.25) is 14.4 Å². The van der Waals surface area contributed by atoms with Gasteiger partial charge in [0.05, 0.1) is 23.2 Å². The van der Waals surface area contributed by atoms with Crippen LogP contribution in [0.1, 0.15) is 77.6 Å². The molecule has 4 rings (SSSR count). The number of ether oxygens (including phenoxy) is 1. The molecule has 1 saturated carbocycles. The first-order chi connectivity index (χ1) is 18.4. The SMILES string of the molecule is C=CCCCCOC(=O)[C@@H]1[C@H]2C(=O)N(CCCCO)C(C(=O)N(CC=C)C3CCCCC3)C23S[C@@H]1CC3C. The highest BCUT2D eigenvalue weighted by atomic mass is 32.2. The van der Waals surface area contributed by atoms with E-state index >= 15 is 0 Å². The Morgan fingerprint density at radius 2 is 1.92 bits per heavy atom. The molecule has 7 nitrogen and oxygen atoms in total. The number of carbonyl (C=O) groups is 3. The summed E-state index contributed by atoms with van der Waals surface area (Å²) >= 11 is 1.71. The Balaban J connectivity index is 1.63. The zero-order chi connectivity index (χ0) is 27.3. The number of unbranched alkanes of at least 4 members (excludes halogenated alkanes) is 3. The van der Waals surface area contributed by atoms with E-state index in [9.17, 15) is 19.5 Å². The molecule has 3 aliphatic heterocycles. The second kappa shape index (κ2) is 13.0. The number of likely N-dealkylation sites (tertiary alicyclic amines) is 1. The largest absolute Gasteiger partial charge is 0.465 e. The first kappa shape index (κ1) is 29.2. The number of amides is 2. The number of hydrogen-bond acceptors (Lipinski definition) is 6. The molecule has 4 fully saturated rings. The van der Waals surface area contributed by atoms with Gasteiger partial charge >= 0.3 is 5.97 Å². The van der Waals surface area contributed by atoms with Gasteiger partial charge in [0.25, 0.3) is 0 Å². The van der Waals surface area contributed by atoms with Crippen LogP contribution in [0.5, 0.6) is 0 Å². The average Bonchev–Trinajstić information content (AvgIpc) is 3.51. The van der Waals surface area contributed by atoms with Crippen LogP contribution in [0.2, 0.25) is 0 Å². The smallest absolute Gasteiger partial charge is 0.310 e. The number of rotatable bonds is 14. The maximum atomic E-state index is 14.5. The van der Waals surface area contributed by atoms with E-state index in [1.807, 2.05) is 11.0 Å². The van der Waals surface area contributed by atoms with Gasteiger partial charge in [0.2, 0.25) is 11.8 Å². The van der Waals surface area contributed by atoms with Gasteiger partial charge < -0.3 is 19.6 Å². The first-order valence-electron chi connectivity index (χ1n) is 14.7. The molecule has 3 saturated heterocycles. The van der Waals surface area contributed by atoms with Crippen molar-refractivity contribution >= 4 is 29.5 Å². The average molecular weight is 547 g/mol. The predicted octanol–water partition coefficient (Wildman–Crippen LogP) is 4.34. The number of allylic oxidation sites excluding steroid dienone is 1. The van der Waals surface area contributed by atoms with E-state index < -0.39 is 22.6 Å². The van der Waals surface area contributed by atoms with Gasteiger partial charge in [-0.15, -0.1) is 24.9 Å². The molecule has 6 atom stereocenters. The molecule has 3 heterocycles. The Hall–Kier alpha value is -1.80. The second-order valence-electron chi connectivity index (χ2n) is 11.5. The van der Waals surface area contributed by atoms with Gasteiger partial charge in [0, 0.05) is 31.0 Å². The summed E-state index contributed by atoms with van der Waals surface area (Å²) < 4.78 is 5.10. The number of hydrogen-bond donors (Lipinski definition) is 1. The lowest BCUT2D eigenvalue weighted by molar-refractivity contribution is -0.154. The van der Waals surface area contributed by atoms with Crippen molar-refractivity contribution in [1.29, 1.82) is 0 Å². The fourth-order valence-corrected chi connectivity index (χ4v) is 9.87. The number of thioether (sulfide) groups is 1. The summed E-state index contributed by atoms with van der Waals surface area (Å²) in [6.45, 7) is 11.1. The molecular weight excluding hydrogens is 500 g/mol. The van der Waals surface area contributed by atoms with E-state index in [1.54, 1.807) is 22.7 Å². The van der Waals surface area contributed by atoms with Gasteiger partial charge in [0.1, 0.15) is 6.04 Å². The summed E-state index contributed by atoms with van der Waals surface area (Å²) in [7, 11) is 0. The van der Waals surface area contributed by atoms with Gasteiger partial charge in [-0.25, -0.2) is 0 Å². The van der Waals surface area contributed by atoms with E-state index in [1.165, 1.54) is 6.42 Å². The van der Waals surface area contributed by atoms with E-state index in [0.717, 1.165) is 51.4 Å². The Bertz CT molecular complexity index is 890. The molecule has 2 bridgehead atoms. The maximum Gasteiger partial charge on any atom is 0.310 e. The summed E-state index contributed by atoms with van der Waals surface area (Å²) in [6.07, 6.45) is 13.6. The summed E-state index contributed by atoms with van der Waals surface area (Å²) in [4.78, 5) is 45.9. The molecule has 1 aliphatic carbocycles. The van der Waals surface area contributed by atoms with E-state index in [0.29, 0.717) is 32.5 Å². The van der Waals surface area contributed by atoms with Crippen LogP contribution < -0.4 is 0 Å². The normalized spacial score (nSPS) is 32.3. The maximum absolute atomic E-state index is 14.5. The number of fused-ring (bicyclic) bond motifs is 1. The number of carbonyl (C=O) groups excluding carboxylic acids is 3. The van der Waals surface area contributed by atoms with Crippen LogP contribution in [-0.4, -0.2) is 81.1 Å². The third-order valence-corrected chi connectivity index (χ3v) is 11.3. The van der Waals surface area contributed by atoms with Crippen molar-refractivity contribution in [3.8, 4) is 0 Å². The zero-order valence-electron chi connectivity index (χ0n) is 23.0. The summed E-state index contributed by atoms with van der Waals surface area (Å²) in [5.41, 5.74) is 0. The van der Waals surface area contributed by atoms with Crippen LogP contribution in [0.15, 0.2) is 25.3 Å². The fraction of sp³-hybridized carbons (Fsp3) is 0.767. The third-order valence-electron chi connectivity index (χ3n) is 9.23. The van der Waals surface area contributed by atoms with Gasteiger partial charge in [-0.1, -0.05) is 38.3 Å². The summed E-state index contributed by atoms with van der Waals surface area (Å²) in [5, 5.41) is 9.40. The Morgan fingerprint density at radius 3 is 2.61 bits per heavy atom. The molecule has 0 radical (unpaired) electrons. The molecule has 2 amide bonds. The highest BCUT2D eigenvalue weighted by Gasteiger charge is 2.76. The minimum absolute atomic E-state index is 0.00273. The molecule has 1 N–H and O–H groups in total. The molecule has 0 aromatic heterocycles. The lowest BCUT2D eigenvalue weighted by Gasteiger charge is -2.43. The first-order valence-corrected chi connectivity index (χ1v) is 15.6. The number of aliphatic hydroxyl groups is 1. The number of nitrogens with zero attached hydrogens (tertiary/aromatic N) is 2. The Morgan fingerprint density at radius 1 is 1.16 bits per heavy atom. The van der Waals surface area contributed by atoms with Crippen molar-refractivity contribution in [2.45, 2.75) is 99.6 Å². The number of aliphatic hydroxyl groups excluding tert-OH is 1. The van der Waals surface area contributed by atoms with Crippen molar-refractivity contribution < 1.29 is 24.2 Å². The lowest BCUT2D eigenvalue weighted by atomic mass is 9.66. The Kier molecular flexibility index (Phi) is 10.0. The molecule has 1 spiro atoms. The molecule has 0 aromatic rings. The van der Waals surface area contributed by atoms with Gasteiger partial charge in [-0.05, 0) is 57.3 Å². The fourth-order valence-electron chi connectivity index (χ4n) is 7.47. The van der Waals surface area contributed by atoms with Crippen LogP contribution in [0.4, 0.5) is 0 Å². The second-order valence-corrected chi connectivity index (χ2v) is 13.1. The van der Waals surface area contributed by atoms with E-state index in [4.69, 9.17) is 4.74 Å². The summed E-state index contributed by atoms with van der Waals surface area (Å²) in [5.74, 6) is -1.27. The molecule has 0 aromatic carbocycles. The van der Waals surface area contributed by atoms with Crippen LogP contribution in [0.25, 0.3) is 0 Å². The monoisotopic (exact) mass is 546 g/mol. The van der Waals surface area contributed by atoms with Crippen molar-refractivity contribution in [2.24, 2.45) is 17.8 Å². The molecule has 212 valence electrons. The summed E-state index contributed by atoms with van der Waals surface area (Å²) in [6, 6.07) is -0.440. The van der Waals surface area contributed by atoms with E-state index in [-0.39, 0.29) is 41.6 Å². The molecule has 4 aliphatic rings. The zero-order valence-corrected chi connectivity index (χ0v) is 23.8. The van der Waals surface area contributed by atoms with Crippen molar-refractivity contribution in [1.82, 2.24) is 9.80 Å². The molecule has 8 heteroatoms. The molecular formula is C30H46N2O5S. The Labute approximate surface area is 232 Å². The van der Waals surface area contributed by atoms with Crippen molar-refractivity contribution in [3.63, 3.8) is 0 Å². The van der Waals surface area contributed by atoms with Gasteiger partial charge in [-0.2, -0.15) is 0 Å². The third kappa shape index (κ3) is 5.32. The van der Waals surface area contributed by atoms with Gasteiger partial charge in [0.15, 0.2) is 0 Å². The van der Waals surface area contributed by atoms with Crippen LogP contribution in [-0.2, 0) is 19.1 Å². The highest BCUT2D eigenvalue weighted by Crippen LogP contribution is 2.68. The van der Waals surface area contributed by atoms with Crippen LogP contribution in [0.3, 0.4) is 0 Å². The standard InChI is InChI=1S/C30H46N2O5S/c1-4-6-7-13-19-37-29(36)24-23-20-21(3)30(38-23)25(24)27(34)32(17-11-12-18-33)26(30)28(35)31(16-5-2)22-14-9-8-10-15-22/h4-5,21-26,33H,1-2,6-20H2,3H3/t21?,23-,24+,25+,26?,30?/m1/s1. The molecule has 3 unspecified atom stereocenters. The van der Waals surface area contributed by atoms with Crippen molar-refractivity contribution in [2.75, 3.05) is 26.3 Å². The van der Waals surface area contributed by atoms with E-state index in [2.05, 4.69) is 20.1 Å². The molecule has 38 heavy (non-hydrogen) atoms. The number of esters is 1. The lowest BCUT2D eigenvalue weighted by Crippen LogP contribution is -2.59. The highest BCUT2D eigenvalue weighted by molar-refractivity contribution is 8.02. The topological polar surface area (TPSA) is 87.1 Å². The minimum Gasteiger partial charge on any atom is -0.465 e.